The third-order valence-corrected chi connectivity index (χ3v) is 5.66. The van der Waals surface area contributed by atoms with E-state index in [1.54, 1.807) is 45.2 Å². The number of carbonyl (C=O) groups is 1. The average molecular weight is 347 g/mol. The molecule has 0 atom stereocenters. The van der Waals surface area contributed by atoms with Crippen LogP contribution in [0.3, 0.4) is 0 Å². The molecular weight excluding hydrogens is 326 g/mol. The molecule has 2 aromatic carbocycles. The molecule has 0 unspecified atom stereocenters. The fraction of sp³-hybridized carbons (Fsp3) is 0.278. The van der Waals surface area contributed by atoms with Crippen molar-refractivity contribution in [2.45, 2.75) is 32.6 Å². The summed E-state index contributed by atoms with van der Waals surface area (Å²) in [6.07, 6.45) is 0. The van der Waals surface area contributed by atoms with Crippen molar-refractivity contribution in [3.63, 3.8) is 0 Å². The Morgan fingerprint density at radius 1 is 1.08 bits per heavy atom. The van der Waals surface area contributed by atoms with Gasteiger partial charge in [0, 0.05) is 11.3 Å². The van der Waals surface area contributed by atoms with Gasteiger partial charge in [-0.25, -0.2) is 8.42 Å². The van der Waals surface area contributed by atoms with Crippen molar-refractivity contribution in [1.82, 2.24) is 0 Å². The minimum Gasteiger partial charge on any atom is -0.496 e. The summed E-state index contributed by atoms with van der Waals surface area (Å²) in [6, 6.07) is 8.15. The lowest BCUT2D eigenvalue weighted by Gasteiger charge is -2.17. The number of methoxy groups -OCH3 is 1. The maximum absolute atomic E-state index is 12.8. The van der Waals surface area contributed by atoms with E-state index < -0.39 is 10.0 Å². The molecule has 0 bridgehead atoms. The van der Waals surface area contributed by atoms with Crippen LogP contribution in [-0.2, 0) is 10.0 Å². The highest BCUT2D eigenvalue weighted by Gasteiger charge is 2.23. The summed E-state index contributed by atoms with van der Waals surface area (Å²) in [5.74, 6) is 0.534. The van der Waals surface area contributed by atoms with Gasteiger partial charge in [-0.05, 0) is 62.6 Å². The Morgan fingerprint density at radius 2 is 1.75 bits per heavy atom. The predicted molar refractivity (Wildman–Crippen MR) is 94.5 cm³/mol. The first-order chi connectivity index (χ1) is 11.2. The number of hydrogen-bond donors (Lipinski definition) is 1. The van der Waals surface area contributed by atoms with Gasteiger partial charge in [-0.3, -0.25) is 9.52 Å². The van der Waals surface area contributed by atoms with Crippen molar-refractivity contribution in [2.24, 2.45) is 0 Å². The molecule has 0 aliphatic rings. The zero-order valence-corrected chi connectivity index (χ0v) is 15.2. The van der Waals surface area contributed by atoms with Crippen LogP contribution >= 0.6 is 0 Å². The van der Waals surface area contributed by atoms with Gasteiger partial charge < -0.3 is 4.74 Å². The fourth-order valence-electron chi connectivity index (χ4n) is 2.65. The largest absolute Gasteiger partial charge is 0.496 e. The number of ketones is 1. The smallest absolute Gasteiger partial charge is 0.262 e. The Bertz CT molecular complexity index is 901. The van der Waals surface area contributed by atoms with Crippen LogP contribution in [0.25, 0.3) is 0 Å². The average Bonchev–Trinajstić information content (AvgIpc) is 2.50. The molecule has 0 saturated carbocycles. The Morgan fingerprint density at radius 3 is 2.33 bits per heavy atom. The Labute approximate surface area is 142 Å². The van der Waals surface area contributed by atoms with E-state index in [1.165, 1.54) is 13.0 Å². The summed E-state index contributed by atoms with van der Waals surface area (Å²) in [7, 11) is -2.23. The highest BCUT2D eigenvalue weighted by atomic mass is 32.2. The van der Waals surface area contributed by atoms with E-state index in [0.717, 1.165) is 5.56 Å². The van der Waals surface area contributed by atoms with Gasteiger partial charge in [-0.15, -0.1) is 0 Å². The van der Waals surface area contributed by atoms with Crippen LogP contribution < -0.4 is 9.46 Å². The molecule has 6 heteroatoms. The van der Waals surface area contributed by atoms with Crippen LogP contribution in [0.5, 0.6) is 5.75 Å². The topological polar surface area (TPSA) is 72.5 Å². The number of Topliss-reactive ketones (excluding diaryl/α,β-unsaturated/α-hetero) is 1. The zero-order chi connectivity index (χ0) is 18.1. The molecule has 2 aromatic rings. The SMILES string of the molecule is COc1cc(C)c(S(=O)(=O)Nc2cccc(C(C)=O)c2)c(C)c1C. The summed E-state index contributed by atoms with van der Waals surface area (Å²) in [4.78, 5) is 11.7. The fourth-order valence-corrected chi connectivity index (χ4v) is 4.23. The van der Waals surface area contributed by atoms with Gasteiger partial charge in [-0.1, -0.05) is 12.1 Å². The second-order valence-corrected chi connectivity index (χ2v) is 7.34. The Balaban J connectivity index is 2.51. The molecule has 0 fully saturated rings. The van der Waals surface area contributed by atoms with E-state index in [4.69, 9.17) is 4.74 Å². The monoisotopic (exact) mass is 347 g/mol. The van der Waals surface area contributed by atoms with E-state index in [-0.39, 0.29) is 10.7 Å². The first-order valence-electron chi connectivity index (χ1n) is 7.46. The number of benzene rings is 2. The van der Waals surface area contributed by atoms with Gasteiger partial charge in [0.1, 0.15) is 5.75 Å². The Hall–Kier alpha value is -2.34. The number of sulfonamides is 1. The molecule has 0 aromatic heterocycles. The molecule has 5 nitrogen and oxygen atoms in total. The number of carbonyl (C=O) groups excluding carboxylic acids is 1. The van der Waals surface area contributed by atoms with E-state index in [2.05, 4.69) is 4.72 Å². The van der Waals surface area contributed by atoms with E-state index in [9.17, 15) is 13.2 Å². The minimum atomic E-state index is -3.78. The van der Waals surface area contributed by atoms with Crippen LogP contribution in [0.4, 0.5) is 5.69 Å². The van der Waals surface area contributed by atoms with Gasteiger partial charge in [0.05, 0.1) is 12.0 Å². The number of ether oxygens (including phenoxy) is 1. The lowest BCUT2D eigenvalue weighted by molar-refractivity contribution is 0.101. The van der Waals surface area contributed by atoms with Crippen molar-refractivity contribution < 1.29 is 17.9 Å². The maximum Gasteiger partial charge on any atom is 0.262 e. The molecule has 0 saturated heterocycles. The predicted octanol–water partition coefficient (Wildman–Crippen LogP) is 3.62. The van der Waals surface area contributed by atoms with Crippen LogP contribution in [0.15, 0.2) is 35.2 Å². The van der Waals surface area contributed by atoms with E-state index in [0.29, 0.717) is 28.1 Å². The molecule has 0 amide bonds. The number of aryl methyl sites for hydroxylation is 1. The highest BCUT2D eigenvalue weighted by molar-refractivity contribution is 7.92. The molecule has 128 valence electrons. The second-order valence-electron chi connectivity index (χ2n) is 5.72. The first kappa shape index (κ1) is 18.0. The minimum absolute atomic E-state index is 0.122. The van der Waals surface area contributed by atoms with Crippen molar-refractivity contribution in [2.75, 3.05) is 11.8 Å². The standard InChI is InChI=1S/C18H21NO4S/c1-11-9-17(23-5)12(2)13(3)18(11)24(21,22)19-16-8-6-7-15(10-16)14(4)20/h6-10,19H,1-5H3. The van der Waals surface area contributed by atoms with Crippen LogP contribution in [0.2, 0.25) is 0 Å². The quantitative estimate of drug-likeness (QED) is 0.839. The Kier molecular flexibility index (Phi) is 4.99. The van der Waals surface area contributed by atoms with Gasteiger partial charge in [0.15, 0.2) is 5.78 Å². The molecule has 24 heavy (non-hydrogen) atoms. The molecule has 0 aliphatic heterocycles. The second kappa shape index (κ2) is 6.65. The van der Waals surface area contributed by atoms with Gasteiger partial charge >= 0.3 is 0 Å². The summed E-state index contributed by atoms with van der Waals surface area (Å²) in [5.41, 5.74) is 2.83. The van der Waals surface area contributed by atoms with E-state index in [1.807, 2.05) is 6.92 Å². The number of anilines is 1. The molecule has 0 spiro atoms. The van der Waals surface area contributed by atoms with Crippen LogP contribution in [0, 0.1) is 20.8 Å². The number of nitrogens with one attached hydrogen (secondary N) is 1. The van der Waals surface area contributed by atoms with Crippen molar-refractivity contribution in [3.8, 4) is 5.75 Å². The van der Waals surface area contributed by atoms with E-state index >= 15 is 0 Å². The molecule has 1 N–H and O–H groups in total. The number of hydrogen-bond acceptors (Lipinski definition) is 4. The summed E-state index contributed by atoms with van der Waals surface area (Å²) in [5, 5.41) is 0. The van der Waals surface area contributed by atoms with Crippen molar-refractivity contribution >= 4 is 21.5 Å². The van der Waals surface area contributed by atoms with Gasteiger partial charge in [0.2, 0.25) is 0 Å². The van der Waals surface area contributed by atoms with Crippen molar-refractivity contribution in [1.29, 1.82) is 0 Å². The van der Waals surface area contributed by atoms with Crippen LogP contribution in [-0.4, -0.2) is 21.3 Å². The summed E-state index contributed by atoms with van der Waals surface area (Å²) < 4.78 is 33.5. The lowest BCUT2D eigenvalue weighted by Crippen LogP contribution is -2.17. The molecule has 0 heterocycles. The highest BCUT2D eigenvalue weighted by Crippen LogP contribution is 2.31. The van der Waals surface area contributed by atoms with Crippen molar-refractivity contribution in [3.05, 3.63) is 52.6 Å². The number of rotatable bonds is 5. The van der Waals surface area contributed by atoms with Gasteiger partial charge in [-0.2, -0.15) is 0 Å². The normalized spacial score (nSPS) is 11.2. The van der Waals surface area contributed by atoms with Crippen LogP contribution in [0.1, 0.15) is 34.0 Å². The third kappa shape index (κ3) is 3.43. The lowest BCUT2D eigenvalue weighted by atomic mass is 10.1. The summed E-state index contributed by atoms with van der Waals surface area (Å²) >= 11 is 0. The maximum atomic E-state index is 12.8. The van der Waals surface area contributed by atoms with Gasteiger partial charge in [0.25, 0.3) is 10.0 Å². The molecule has 0 radical (unpaired) electrons. The molecular formula is C18H21NO4S. The first-order valence-corrected chi connectivity index (χ1v) is 8.94. The molecule has 0 aliphatic carbocycles. The summed E-state index contributed by atoms with van der Waals surface area (Å²) in [6.45, 7) is 6.75. The zero-order valence-electron chi connectivity index (χ0n) is 14.4. The third-order valence-electron chi connectivity index (χ3n) is 3.99. The molecule has 2 rings (SSSR count).